The van der Waals surface area contributed by atoms with Crippen LogP contribution in [0.1, 0.15) is 0 Å². The maximum absolute atomic E-state index is 12.8. The third-order valence-electron chi connectivity index (χ3n) is 3.45. The summed E-state index contributed by atoms with van der Waals surface area (Å²) in [5.74, 6) is 0.750. The van der Waals surface area contributed by atoms with E-state index in [-0.39, 0.29) is 4.90 Å². The summed E-state index contributed by atoms with van der Waals surface area (Å²) in [6.45, 7) is 0. The predicted octanol–water partition coefficient (Wildman–Crippen LogP) is 3.14. The molecule has 0 saturated heterocycles. The first-order valence-corrected chi connectivity index (χ1v) is 9.10. The normalized spacial score (nSPS) is 11.5. The van der Waals surface area contributed by atoms with Crippen molar-refractivity contribution in [3.63, 3.8) is 0 Å². The van der Waals surface area contributed by atoms with E-state index in [1.807, 2.05) is 6.07 Å². The van der Waals surface area contributed by atoms with Gasteiger partial charge in [-0.3, -0.25) is 9.82 Å². The number of para-hydroxylation sites is 1. The highest BCUT2D eigenvalue weighted by atomic mass is 79.9. The molecule has 2 N–H and O–H groups in total. The number of aromatic nitrogens is 2. The van der Waals surface area contributed by atoms with Crippen LogP contribution in [0.15, 0.2) is 45.9 Å². The molecular weight excluding hydrogens is 398 g/mol. The minimum atomic E-state index is -3.85. The van der Waals surface area contributed by atoms with Crippen molar-refractivity contribution in [3.8, 4) is 11.5 Å². The lowest BCUT2D eigenvalue weighted by Crippen LogP contribution is -2.14. The van der Waals surface area contributed by atoms with Crippen molar-refractivity contribution in [1.29, 1.82) is 0 Å². The molecule has 24 heavy (non-hydrogen) atoms. The van der Waals surface area contributed by atoms with Crippen molar-refractivity contribution in [1.82, 2.24) is 10.2 Å². The van der Waals surface area contributed by atoms with Crippen LogP contribution in [0.3, 0.4) is 0 Å². The van der Waals surface area contributed by atoms with Crippen molar-refractivity contribution in [2.75, 3.05) is 18.9 Å². The molecule has 7 nitrogen and oxygen atoms in total. The monoisotopic (exact) mass is 411 g/mol. The van der Waals surface area contributed by atoms with Gasteiger partial charge in [0.25, 0.3) is 10.0 Å². The Morgan fingerprint density at radius 1 is 1.17 bits per heavy atom. The molecule has 1 heterocycles. The van der Waals surface area contributed by atoms with Gasteiger partial charge in [-0.15, -0.1) is 0 Å². The average Bonchev–Trinajstić information content (AvgIpc) is 3.03. The van der Waals surface area contributed by atoms with E-state index in [4.69, 9.17) is 9.47 Å². The maximum atomic E-state index is 12.8. The van der Waals surface area contributed by atoms with E-state index in [0.717, 1.165) is 5.39 Å². The zero-order valence-electron chi connectivity index (χ0n) is 12.8. The van der Waals surface area contributed by atoms with Gasteiger partial charge in [0.1, 0.15) is 4.90 Å². The molecule has 0 bridgehead atoms. The van der Waals surface area contributed by atoms with Crippen molar-refractivity contribution in [2.24, 2.45) is 0 Å². The van der Waals surface area contributed by atoms with Crippen LogP contribution in [0.2, 0.25) is 0 Å². The summed E-state index contributed by atoms with van der Waals surface area (Å²) in [6.07, 6.45) is 1.62. The molecule has 126 valence electrons. The lowest BCUT2D eigenvalue weighted by molar-refractivity contribution is 0.353. The molecule has 0 spiro atoms. The summed E-state index contributed by atoms with van der Waals surface area (Å²) in [7, 11) is -0.924. The second-order valence-electron chi connectivity index (χ2n) is 4.88. The van der Waals surface area contributed by atoms with Crippen LogP contribution < -0.4 is 14.2 Å². The fourth-order valence-corrected chi connectivity index (χ4v) is 4.40. The van der Waals surface area contributed by atoms with Crippen LogP contribution in [0.5, 0.6) is 11.5 Å². The van der Waals surface area contributed by atoms with Gasteiger partial charge in [0.2, 0.25) is 0 Å². The molecule has 3 rings (SSSR count). The van der Waals surface area contributed by atoms with E-state index in [1.165, 1.54) is 20.3 Å². The van der Waals surface area contributed by atoms with E-state index in [9.17, 15) is 8.42 Å². The van der Waals surface area contributed by atoms with E-state index in [2.05, 4.69) is 30.8 Å². The number of halogens is 1. The summed E-state index contributed by atoms with van der Waals surface area (Å²) in [4.78, 5) is 0.0386. The van der Waals surface area contributed by atoms with E-state index >= 15 is 0 Å². The van der Waals surface area contributed by atoms with Crippen LogP contribution in [0.25, 0.3) is 10.9 Å². The van der Waals surface area contributed by atoms with Crippen LogP contribution in [-0.2, 0) is 10.0 Å². The number of rotatable bonds is 5. The molecule has 0 aliphatic rings. The minimum Gasteiger partial charge on any atom is -0.493 e. The standard InChI is InChI=1S/C15H14BrN3O4S/c1-22-12-6-10(16)14(7-13(12)23-2)24(20,21)19-11-5-3-4-9-8-17-18-15(9)11/h3-8,19H,1-2H3,(H,17,18). The number of hydrogen-bond acceptors (Lipinski definition) is 5. The van der Waals surface area contributed by atoms with E-state index in [1.54, 1.807) is 24.4 Å². The maximum Gasteiger partial charge on any atom is 0.263 e. The Bertz CT molecular complexity index is 1000. The Morgan fingerprint density at radius 3 is 2.58 bits per heavy atom. The first kappa shape index (κ1) is 16.6. The number of H-pyrrole nitrogens is 1. The number of methoxy groups -OCH3 is 2. The first-order valence-electron chi connectivity index (χ1n) is 6.82. The van der Waals surface area contributed by atoms with Gasteiger partial charge in [-0.2, -0.15) is 5.10 Å². The van der Waals surface area contributed by atoms with Gasteiger partial charge in [-0.05, 0) is 28.1 Å². The molecule has 0 aliphatic heterocycles. The van der Waals surface area contributed by atoms with Crippen LogP contribution in [-0.4, -0.2) is 32.8 Å². The third kappa shape index (κ3) is 2.92. The second-order valence-corrected chi connectivity index (χ2v) is 7.39. The van der Waals surface area contributed by atoms with Gasteiger partial charge in [0.15, 0.2) is 11.5 Å². The molecule has 0 unspecified atom stereocenters. The lowest BCUT2D eigenvalue weighted by Gasteiger charge is -2.14. The Balaban J connectivity index is 2.07. The van der Waals surface area contributed by atoms with Crippen molar-refractivity contribution in [3.05, 3.63) is 41.0 Å². The van der Waals surface area contributed by atoms with Crippen LogP contribution in [0.4, 0.5) is 5.69 Å². The quantitative estimate of drug-likeness (QED) is 0.672. The predicted molar refractivity (Wildman–Crippen MR) is 94.1 cm³/mol. The number of nitrogens with one attached hydrogen (secondary N) is 2. The highest BCUT2D eigenvalue weighted by Crippen LogP contribution is 2.36. The van der Waals surface area contributed by atoms with Crippen molar-refractivity contribution in [2.45, 2.75) is 4.90 Å². The van der Waals surface area contributed by atoms with Crippen molar-refractivity contribution < 1.29 is 17.9 Å². The van der Waals surface area contributed by atoms with Gasteiger partial charge in [0, 0.05) is 15.9 Å². The third-order valence-corrected chi connectivity index (χ3v) is 5.77. The van der Waals surface area contributed by atoms with Gasteiger partial charge in [0.05, 0.1) is 31.6 Å². The molecule has 0 fully saturated rings. The molecule has 2 aromatic carbocycles. The number of aromatic amines is 1. The summed E-state index contributed by atoms with van der Waals surface area (Å²) < 4.78 is 38.8. The lowest BCUT2D eigenvalue weighted by atomic mass is 10.2. The smallest absolute Gasteiger partial charge is 0.263 e. The minimum absolute atomic E-state index is 0.0386. The summed E-state index contributed by atoms with van der Waals surface area (Å²) in [5.41, 5.74) is 1.02. The number of ether oxygens (including phenoxy) is 2. The topological polar surface area (TPSA) is 93.3 Å². The Hall–Kier alpha value is -2.26. The molecule has 1 aromatic heterocycles. The molecule has 3 aromatic rings. The Kier molecular flexibility index (Phi) is 4.37. The van der Waals surface area contributed by atoms with E-state index in [0.29, 0.717) is 27.2 Å². The summed E-state index contributed by atoms with van der Waals surface area (Å²) in [5, 5.41) is 7.52. The van der Waals surface area contributed by atoms with E-state index < -0.39 is 10.0 Å². The highest BCUT2D eigenvalue weighted by molar-refractivity contribution is 9.10. The molecule has 0 amide bonds. The zero-order valence-corrected chi connectivity index (χ0v) is 15.2. The number of fused-ring (bicyclic) bond motifs is 1. The molecular formula is C15H14BrN3O4S. The molecule has 0 radical (unpaired) electrons. The highest BCUT2D eigenvalue weighted by Gasteiger charge is 2.22. The van der Waals surface area contributed by atoms with Crippen molar-refractivity contribution >= 4 is 42.5 Å². The first-order chi connectivity index (χ1) is 11.5. The van der Waals surface area contributed by atoms with Gasteiger partial charge >= 0.3 is 0 Å². The molecule has 0 aliphatic carbocycles. The molecule has 0 saturated carbocycles. The van der Waals surface area contributed by atoms with Crippen LogP contribution in [0, 0.1) is 0 Å². The number of sulfonamides is 1. The average molecular weight is 412 g/mol. The van der Waals surface area contributed by atoms with Gasteiger partial charge < -0.3 is 9.47 Å². The van der Waals surface area contributed by atoms with Gasteiger partial charge in [-0.1, -0.05) is 12.1 Å². The molecule has 0 atom stereocenters. The number of nitrogens with zero attached hydrogens (tertiary/aromatic N) is 1. The van der Waals surface area contributed by atoms with Crippen LogP contribution >= 0.6 is 15.9 Å². The number of anilines is 1. The summed E-state index contributed by atoms with van der Waals surface area (Å²) in [6, 6.07) is 8.19. The largest absolute Gasteiger partial charge is 0.493 e. The van der Waals surface area contributed by atoms with Gasteiger partial charge in [-0.25, -0.2) is 8.42 Å². The molecule has 9 heteroatoms. The fourth-order valence-electron chi connectivity index (χ4n) is 2.30. The number of benzene rings is 2. The SMILES string of the molecule is COc1cc(Br)c(S(=O)(=O)Nc2cccc3cn[nH]c23)cc1OC. The fraction of sp³-hybridized carbons (Fsp3) is 0.133. The second kappa shape index (κ2) is 6.33. The number of hydrogen-bond donors (Lipinski definition) is 2. The Morgan fingerprint density at radius 2 is 1.88 bits per heavy atom. The Labute approximate surface area is 147 Å². The summed E-state index contributed by atoms with van der Waals surface area (Å²) >= 11 is 3.27. The zero-order chi connectivity index (χ0) is 17.3.